The Hall–Kier alpha value is -1.48. The number of rotatable bonds is 4. The van der Waals surface area contributed by atoms with Crippen LogP contribution in [0.4, 0.5) is 0 Å². The number of fused-ring (bicyclic) bond motifs is 1. The summed E-state index contributed by atoms with van der Waals surface area (Å²) in [6.45, 7) is 0.717. The Morgan fingerprint density at radius 3 is 2.81 bits per heavy atom. The summed E-state index contributed by atoms with van der Waals surface area (Å²) in [5.41, 5.74) is 7.95. The third kappa shape index (κ3) is 1.78. The molecule has 0 radical (unpaired) electrons. The van der Waals surface area contributed by atoms with Crippen molar-refractivity contribution in [2.75, 3.05) is 13.7 Å². The minimum absolute atomic E-state index is 0.717. The number of ether oxygens (including phenoxy) is 1. The van der Waals surface area contributed by atoms with Gasteiger partial charge in [0.15, 0.2) is 0 Å². The van der Waals surface area contributed by atoms with Crippen LogP contribution in [0.2, 0.25) is 0 Å². The van der Waals surface area contributed by atoms with E-state index in [1.165, 1.54) is 10.9 Å². The second-order valence-corrected chi connectivity index (χ2v) is 4.01. The van der Waals surface area contributed by atoms with Crippen LogP contribution in [-0.4, -0.2) is 18.2 Å². The first-order valence-corrected chi connectivity index (χ1v) is 5.59. The van der Waals surface area contributed by atoms with Gasteiger partial charge in [-0.25, -0.2) is 0 Å². The van der Waals surface area contributed by atoms with Gasteiger partial charge in [-0.1, -0.05) is 12.1 Å². The van der Waals surface area contributed by atoms with Crippen molar-refractivity contribution in [2.45, 2.75) is 12.8 Å². The Bertz CT molecular complexity index is 488. The standard InChI is InChI=1S/C13H18N2O/c1-15-9-7-10-5-6-11(4-3-8-14)13(16-2)12(10)15/h5-7,9H,3-4,8,14H2,1-2H3. The highest BCUT2D eigenvalue weighted by molar-refractivity contribution is 5.87. The summed E-state index contributed by atoms with van der Waals surface area (Å²) < 4.78 is 7.63. The van der Waals surface area contributed by atoms with Crippen molar-refractivity contribution in [1.82, 2.24) is 4.57 Å². The highest BCUT2D eigenvalue weighted by Gasteiger charge is 2.10. The minimum atomic E-state index is 0.717. The Balaban J connectivity index is 2.53. The van der Waals surface area contributed by atoms with Crippen LogP contribution in [0, 0.1) is 0 Å². The highest BCUT2D eigenvalue weighted by Crippen LogP contribution is 2.30. The molecule has 0 atom stereocenters. The lowest BCUT2D eigenvalue weighted by atomic mass is 10.1. The molecule has 0 unspecified atom stereocenters. The molecule has 3 nitrogen and oxygen atoms in total. The van der Waals surface area contributed by atoms with E-state index in [-0.39, 0.29) is 0 Å². The Labute approximate surface area is 95.8 Å². The van der Waals surface area contributed by atoms with Gasteiger partial charge in [-0.15, -0.1) is 0 Å². The van der Waals surface area contributed by atoms with Crippen molar-refractivity contribution in [1.29, 1.82) is 0 Å². The highest BCUT2D eigenvalue weighted by atomic mass is 16.5. The lowest BCUT2D eigenvalue weighted by molar-refractivity contribution is 0.412. The molecule has 1 heterocycles. The molecule has 2 N–H and O–H groups in total. The summed E-state index contributed by atoms with van der Waals surface area (Å²) in [6, 6.07) is 6.38. The Kier molecular flexibility index (Phi) is 3.15. The van der Waals surface area contributed by atoms with E-state index in [2.05, 4.69) is 29.0 Å². The predicted octanol–water partition coefficient (Wildman–Crippen LogP) is 2.08. The average Bonchev–Trinajstić information content (AvgIpc) is 2.68. The summed E-state index contributed by atoms with van der Waals surface area (Å²) in [7, 11) is 3.77. The zero-order valence-electron chi connectivity index (χ0n) is 9.86. The van der Waals surface area contributed by atoms with E-state index in [9.17, 15) is 0 Å². The van der Waals surface area contributed by atoms with Gasteiger partial charge >= 0.3 is 0 Å². The smallest absolute Gasteiger partial charge is 0.146 e. The van der Waals surface area contributed by atoms with Gasteiger partial charge in [-0.05, 0) is 31.0 Å². The topological polar surface area (TPSA) is 40.2 Å². The summed E-state index contributed by atoms with van der Waals surface area (Å²) >= 11 is 0. The fourth-order valence-corrected chi connectivity index (χ4v) is 2.11. The van der Waals surface area contributed by atoms with E-state index in [1.54, 1.807) is 7.11 Å². The second-order valence-electron chi connectivity index (χ2n) is 4.01. The van der Waals surface area contributed by atoms with E-state index < -0.39 is 0 Å². The average molecular weight is 218 g/mol. The molecule has 0 aliphatic rings. The maximum absolute atomic E-state index is 5.54. The van der Waals surface area contributed by atoms with Gasteiger partial charge < -0.3 is 15.0 Å². The van der Waals surface area contributed by atoms with Gasteiger partial charge in [-0.2, -0.15) is 0 Å². The van der Waals surface area contributed by atoms with Crippen molar-refractivity contribution in [3.8, 4) is 5.75 Å². The zero-order valence-corrected chi connectivity index (χ0v) is 9.86. The summed E-state index contributed by atoms with van der Waals surface area (Å²) in [5, 5.41) is 1.22. The first-order chi connectivity index (χ1) is 7.77. The summed E-state index contributed by atoms with van der Waals surface area (Å²) in [4.78, 5) is 0. The van der Waals surface area contributed by atoms with Crippen LogP contribution in [0.15, 0.2) is 24.4 Å². The van der Waals surface area contributed by atoms with E-state index in [4.69, 9.17) is 10.5 Å². The monoisotopic (exact) mass is 218 g/mol. The number of methoxy groups -OCH3 is 1. The maximum atomic E-state index is 5.54. The normalized spacial score (nSPS) is 10.9. The Morgan fingerprint density at radius 1 is 1.31 bits per heavy atom. The summed E-state index contributed by atoms with van der Waals surface area (Å²) in [6.07, 6.45) is 4.02. The molecule has 0 aliphatic carbocycles. The fraction of sp³-hybridized carbons (Fsp3) is 0.385. The molecule has 0 aliphatic heterocycles. The number of aryl methyl sites for hydroxylation is 2. The third-order valence-corrected chi connectivity index (χ3v) is 2.93. The molecule has 1 aromatic carbocycles. The molecule has 2 aromatic rings. The van der Waals surface area contributed by atoms with E-state index in [0.717, 1.165) is 24.1 Å². The van der Waals surface area contributed by atoms with E-state index >= 15 is 0 Å². The maximum Gasteiger partial charge on any atom is 0.146 e. The molecule has 0 saturated carbocycles. The molecule has 0 saturated heterocycles. The number of nitrogens with two attached hydrogens (primary N) is 1. The molecule has 0 fully saturated rings. The van der Waals surface area contributed by atoms with Gasteiger partial charge in [-0.3, -0.25) is 0 Å². The number of hydrogen-bond acceptors (Lipinski definition) is 2. The zero-order chi connectivity index (χ0) is 11.5. The lowest BCUT2D eigenvalue weighted by Crippen LogP contribution is -2.02. The molecular formula is C13H18N2O. The molecule has 0 amide bonds. The Morgan fingerprint density at radius 2 is 2.12 bits per heavy atom. The van der Waals surface area contributed by atoms with Gasteiger partial charge in [0.25, 0.3) is 0 Å². The molecular weight excluding hydrogens is 200 g/mol. The first-order valence-electron chi connectivity index (χ1n) is 5.59. The molecule has 2 rings (SSSR count). The molecule has 0 bridgehead atoms. The first kappa shape index (κ1) is 11.0. The van der Waals surface area contributed by atoms with Gasteiger partial charge in [0, 0.05) is 18.6 Å². The number of hydrogen-bond donors (Lipinski definition) is 1. The lowest BCUT2D eigenvalue weighted by Gasteiger charge is -2.11. The van der Waals surface area contributed by atoms with Crippen LogP contribution in [0.3, 0.4) is 0 Å². The SMILES string of the molecule is COc1c(CCCN)ccc2ccn(C)c12. The molecule has 16 heavy (non-hydrogen) atoms. The van der Waals surface area contributed by atoms with Crippen LogP contribution in [-0.2, 0) is 13.5 Å². The third-order valence-electron chi connectivity index (χ3n) is 2.93. The molecule has 1 aromatic heterocycles. The van der Waals surface area contributed by atoms with Crippen molar-refractivity contribution in [3.63, 3.8) is 0 Å². The number of aromatic nitrogens is 1. The number of benzene rings is 1. The van der Waals surface area contributed by atoms with Crippen LogP contribution in [0.1, 0.15) is 12.0 Å². The second kappa shape index (κ2) is 4.58. The number of nitrogens with zero attached hydrogens (tertiary/aromatic N) is 1. The largest absolute Gasteiger partial charge is 0.494 e. The van der Waals surface area contributed by atoms with Crippen LogP contribution >= 0.6 is 0 Å². The van der Waals surface area contributed by atoms with Crippen LogP contribution in [0.5, 0.6) is 5.75 Å². The summed E-state index contributed by atoms with van der Waals surface area (Å²) in [5.74, 6) is 0.985. The van der Waals surface area contributed by atoms with Crippen LogP contribution < -0.4 is 10.5 Å². The molecule has 0 spiro atoms. The fourth-order valence-electron chi connectivity index (χ4n) is 2.11. The quantitative estimate of drug-likeness (QED) is 0.853. The molecule has 86 valence electrons. The predicted molar refractivity (Wildman–Crippen MR) is 66.8 cm³/mol. The van der Waals surface area contributed by atoms with E-state index in [0.29, 0.717) is 6.54 Å². The van der Waals surface area contributed by atoms with Gasteiger partial charge in [0.1, 0.15) is 5.75 Å². The van der Waals surface area contributed by atoms with Crippen molar-refractivity contribution < 1.29 is 4.74 Å². The van der Waals surface area contributed by atoms with Crippen molar-refractivity contribution >= 4 is 10.9 Å². The molecule has 3 heteroatoms. The van der Waals surface area contributed by atoms with Gasteiger partial charge in [0.2, 0.25) is 0 Å². The van der Waals surface area contributed by atoms with Gasteiger partial charge in [0.05, 0.1) is 12.6 Å². The van der Waals surface area contributed by atoms with Crippen molar-refractivity contribution in [2.24, 2.45) is 12.8 Å². The minimum Gasteiger partial charge on any atom is -0.494 e. The van der Waals surface area contributed by atoms with Crippen molar-refractivity contribution in [3.05, 3.63) is 30.0 Å². The van der Waals surface area contributed by atoms with Crippen LogP contribution in [0.25, 0.3) is 10.9 Å². The van der Waals surface area contributed by atoms with E-state index in [1.807, 2.05) is 7.05 Å².